The zero-order valence-electron chi connectivity index (χ0n) is 21.1. The van der Waals surface area contributed by atoms with E-state index in [9.17, 15) is 29.1 Å². The molecule has 0 bridgehead atoms. The molecule has 206 valence electrons. The molecule has 8 N–H and O–H groups in total. The minimum absolute atomic E-state index is 0.126. The lowest BCUT2D eigenvalue weighted by atomic mass is 10.0. The topological polar surface area (TPSA) is 194 Å². The van der Waals surface area contributed by atoms with E-state index >= 15 is 0 Å². The first-order valence-electron chi connectivity index (χ1n) is 11.8. The van der Waals surface area contributed by atoms with Crippen molar-refractivity contribution in [2.75, 3.05) is 24.0 Å². The maximum atomic E-state index is 13.1. The maximum Gasteiger partial charge on any atom is 0.326 e. The van der Waals surface area contributed by atoms with Gasteiger partial charge in [0.25, 0.3) is 0 Å². The van der Waals surface area contributed by atoms with Crippen LogP contribution in [0.5, 0.6) is 0 Å². The predicted molar refractivity (Wildman–Crippen MR) is 146 cm³/mol. The van der Waals surface area contributed by atoms with E-state index in [1.807, 2.05) is 42.8 Å². The largest absolute Gasteiger partial charge is 0.480 e. The highest BCUT2D eigenvalue weighted by Crippen LogP contribution is 2.08. The van der Waals surface area contributed by atoms with Gasteiger partial charge in [0.05, 0.1) is 6.04 Å². The summed E-state index contributed by atoms with van der Waals surface area (Å²) in [4.78, 5) is 61.6. The molecule has 0 spiro atoms. The highest BCUT2D eigenvalue weighted by Gasteiger charge is 2.30. The molecule has 0 aromatic heterocycles. The first-order chi connectivity index (χ1) is 17.6. The minimum atomic E-state index is -1.22. The number of thioether (sulfide) groups is 2. The van der Waals surface area contributed by atoms with Gasteiger partial charge in [-0.2, -0.15) is 23.5 Å². The quantitative estimate of drug-likeness (QED) is 0.143. The van der Waals surface area contributed by atoms with Crippen LogP contribution in [0.2, 0.25) is 0 Å². The van der Waals surface area contributed by atoms with Crippen LogP contribution in [0.25, 0.3) is 0 Å². The van der Waals surface area contributed by atoms with E-state index < -0.39 is 53.8 Å². The van der Waals surface area contributed by atoms with Gasteiger partial charge in [0.15, 0.2) is 0 Å². The van der Waals surface area contributed by atoms with E-state index in [2.05, 4.69) is 16.0 Å². The smallest absolute Gasteiger partial charge is 0.326 e. The van der Waals surface area contributed by atoms with Gasteiger partial charge in [-0.3, -0.25) is 19.2 Å². The van der Waals surface area contributed by atoms with Crippen LogP contribution in [-0.2, 0) is 30.4 Å². The number of hydrogen-bond donors (Lipinski definition) is 6. The van der Waals surface area contributed by atoms with Crippen molar-refractivity contribution >= 4 is 53.1 Å². The number of primary amides is 1. The molecule has 1 aromatic rings. The van der Waals surface area contributed by atoms with Crippen LogP contribution in [0.3, 0.4) is 0 Å². The lowest BCUT2D eigenvalue weighted by Crippen LogP contribution is -2.57. The second kappa shape index (κ2) is 17.6. The zero-order chi connectivity index (χ0) is 27.8. The lowest BCUT2D eigenvalue weighted by molar-refractivity contribution is -0.142. The van der Waals surface area contributed by atoms with Crippen LogP contribution in [0.4, 0.5) is 0 Å². The van der Waals surface area contributed by atoms with Crippen molar-refractivity contribution in [1.29, 1.82) is 0 Å². The molecule has 0 heterocycles. The molecule has 37 heavy (non-hydrogen) atoms. The van der Waals surface area contributed by atoms with E-state index in [0.29, 0.717) is 11.5 Å². The van der Waals surface area contributed by atoms with Crippen LogP contribution in [0.1, 0.15) is 31.2 Å². The summed E-state index contributed by atoms with van der Waals surface area (Å²) in [6.07, 6.45) is 4.06. The number of carbonyl (C=O) groups is 5. The van der Waals surface area contributed by atoms with Crippen LogP contribution >= 0.6 is 23.5 Å². The molecular weight excluding hydrogens is 518 g/mol. The van der Waals surface area contributed by atoms with Crippen LogP contribution in [0.15, 0.2) is 30.3 Å². The molecule has 0 fully saturated rings. The van der Waals surface area contributed by atoms with Gasteiger partial charge in [0.2, 0.25) is 23.6 Å². The third-order valence-electron chi connectivity index (χ3n) is 5.42. The minimum Gasteiger partial charge on any atom is -0.480 e. The average Bonchev–Trinajstić information content (AvgIpc) is 2.86. The summed E-state index contributed by atoms with van der Waals surface area (Å²) >= 11 is 2.90. The van der Waals surface area contributed by atoms with Gasteiger partial charge in [0, 0.05) is 6.42 Å². The van der Waals surface area contributed by atoms with Crippen LogP contribution in [0, 0.1) is 0 Å². The number of nitrogens with one attached hydrogen (secondary N) is 3. The first-order valence-corrected chi connectivity index (χ1v) is 14.6. The number of rotatable bonds is 18. The Morgan fingerprint density at radius 1 is 0.811 bits per heavy atom. The number of amides is 4. The Bertz CT molecular complexity index is 905. The Kier molecular flexibility index (Phi) is 15.4. The SMILES string of the molecule is CSCCC(NC(=O)C(CCC(N)=O)NC(=O)C(CCSC)NC(=O)C(N)Cc1ccccc1)C(=O)O. The Hall–Kier alpha value is -2.77. The normalized spacial score (nSPS) is 14.0. The number of carboxylic acid groups (broad SMARTS) is 1. The van der Waals surface area contributed by atoms with Crippen molar-refractivity contribution in [2.24, 2.45) is 11.5 Å². The molecule has 0 aliphatic carbocycles. The van der Waals surface area contributed by atoms with Crippen molar-refractivity contribution in [2.45, 2.75) is 56.3 Å². The van der Waals surface area contributed by atoms with Gasteiger partial charge < -0.3 is 32.5 Å². The molecule has 4 amide bonds. The molecule has 13 heteroatoms. The Morgan fingerprint density at radius 3 is 1.81 bits per heavy atom. The second-order valence-corrected chi connectivity index (χ2v) is 10.4. The molecule has 4 unspecified atom stereocenters. The molecule has 0 aliphatic rings. The molecule has 11 nitrogen and oxygen atoms in total. The van der Waals surface area contributed by atoms with Gasteiger partial charge in [-0.15, -0.1) is 0 Å². The highest BCUT2D eigenvalue weighted by molar-refractivity contribution is 7.98. The Labute approximate surface area is 225 Å². The maximum absolute atomic E-state index is 13.1. The van der Waals surface area contributed by atoms with Crippen molar-refractivity contribution in [3.05, 3.63) is 35.9 Å². The third-order valence-corrected chi connectivity index (χ3v) is 6.70. The van der Waals surface area contributed by atoms with Gasteiger partial charge >= 0.3 is 5.97 Å². The lowest BCUT2D eigenvalue weighted by Gasteiger charge is -2.25. The highest BCUT2D eigenvalue weighted by atomic mass is 32.2. The summed E-state index contributed by atoms with van der Waals surface area (Å²) in [6, 6.07) is 4.95. The number of carboxylic acids is 1. The summed E-state index contributed by atoms with van der Waals surface area (Å²) in [5.74, 6) is -2.76. The van der Waals surface area contributed by atoms with Crippen molar-refractivity contribution in [3.8, 4) is 0 Å². The second-order valence-electron chi connectivity index (χ2n) is 8.39. The van der Waals surface area contributed by atoms with Crippen molar-refractivity contribution < 1.29 is 29.1 Å². The predicted octanol–water partition coefficient (Wildman–Crippen LogP) is -0.133. The summed E-state index contributed by atoms with van der Waals surface area (Å²) in [6.45, 7) is 0. The van der Waals surface area contributed by atoms with Crippen molar-refractivity contribution in [3.63, 3.8) is 0 Å². The third kappa shape index (κ3) is 12.8. The molecule has 0 saturated carbocycles. The fourth-order valence-corrected chi connectivity index (χ4v) is 4.28. The fourth-order valence-electron chi connectivity index (χ4n) is 3.34. The van der Waals surface area contributed by atoms with Gasteiger partial charge in [-0.1, -0.05) is 30.3 Å². The molecule has 0 aliphatic heterocycles. The number of carbonyl (C=O) groups excluding carboxylic acids is 4. The Balaban J connectivity index is 2.95. The molecule has 4 atom stereocenters. The molecular formula is C24H37N5O6S2. The first kappa shape index (κ1) is 32.3. The molecule has 1 aromatic carbocycles. The van der Waals surface area contributed by atoms with Gasteiger partial charge in [0.1, 0.15) is 18.1 Å². The summed E-state index contributed by atoms with van der Waals surface area (Å²) in [7, 11) is 0. The monoisotopic (exact) mass is 555 g/mol. The molecule has 0 saturated heterocycles. The number of nitrogens with two attached hydrogens (primary N) is 2. The van der Waals surface area contributed by atoms with E-state index in [1.54, 1.807) is 0 Å². The standard InChI is InChI=1S/C24H37N5O6S2/c1-36-12-10-18(27-21(31)16(25)14-15-6-4-3-5-7-15)23(33)28-17(8-9-20(26)30)22(32)29-19(24(34)35)11-13-37-2/h3-7,16-19H,8-14,25H2,1-2H3,(H2,26,30)(H,27,31)(H,28,33)(H,29,32)(H,34,35). The van der Waals surface area contributed by atoms with E-state index in [-0.39, 0.29) is 32.1 Å². The summed E-state index contributed by atoms with van der Waals surface area (Å²) in [5.41, 5.74) is 12.1. The number of hydrogen-bond acceptors (Lipinski definition) is 8. The van der Waals surface area contributed by atoms with Gasteiger partial charge in [-0.25, -0.2) is 4.79 Å². The number of aliphatic carboxylic acids is 1. The van der Waals surface area contributed by atoms with E-state index in [4.69, 9.17) is 11.5 Å². The Morgan fingerprint density at radius 2 is 1.30 bits per heavy atom. The van der Waals surface area contributed by atoms with Crippen LogP contribution in [-0.4, -0.2) is 82.9 Å². The fraction of sp³-hybridized carbons (Fsp3) is 0.542. The van der Waals surface area contributed by atoms with E-state index in [0.717, 1.165) is 5.56 Å². The summed E-state index contributed by atoms with van der Waals surface area (Å²) < 4.78 is 0. The van der Waals surface area contributed by atoms with E-state index in [1.165, 1.54) is 23.5 Å². The molecule has 0 radical (unpaired) electrons. The molecule has 1 rings (SSSR count). The average molecular weight is 556 g/mol. The number of benzene rings is 1. The zero-order valence-corrected chi connectivity index (χ0v) is 22.7. The van der Waals surface area contributed by atoms with Crippen molar-refractivity contribution in [1.82, 2.24) is 16.0 Å². The van der Waals surface area contributed by atoms with Crippen LogP contribution < -0.4 is 27.4 Å². The van der Waals surface area contributed by atoms with Gasteiger partial charge in [-0.05, 0) is 55.3 Å². The summed E-state index contributed by atoms with van der Waals surface area (Å²) in [5, 5.41) is 17.1.